The predicted molar refractivity (Wildman–Crippen MR) is 69.9 cm³/mol. The van der Waals surface area contributed by atoms with E-state index in [0.29, 0.717) is 11.4 Å². The molecule has 0 spiro atoms. The fourth-order valence-corrected chi connectivity index (χ4v) is 2.20. The van der Waals surface area contributed by atoms with Crippen LogP contribution in [0.15, 0.2) is 46.7 Å². The van der Waals surface area contributed by atoms with E-state index >= 15 is 0 Å². The summed E-state index contributed by atoms with van der Waals surface area (Å²) in [5.74, 6) is -0.214. The molecule has 5 heteroatoms. The molecule has 1 aromatic carbocycles. The molecule has 0 aliphatic rings. The lowest BCUT2D eigenvalue weighted by Crippen LogP contribution is -2.11. The largest absolute Gasteiger partial charge is 0.313 e. The molecule has 0 saturated heterocycles. The molecular weight excluding hydrogens is 249 g/mol. The monoisotopic (exact) mass is 263 g/mol. The van der Waals surface area contributed by atoms with Gasteiger partial charge in [0, 0.05) is 17.6 Å². The summed E-state index contributed by atoms with van der Waals surface area (Å²) >= 11 is 1.30. The van der Waals surface area contributed by atoms with E-state index in [4.69, 9.17) is 0 Å². The minimum Gasteiger partial charge on any atom is -0.313 e. The van der Waals surface area contributed by atoms with Gasteiger partial charge in [-0.05, 0) is 30.3 Å². The van der Waals surface area contributed by atoms with Crippen molar-refractivity contribution in [3.8, 4) is 0 Å². The SMILES string of the molecule is CCNCc1ccc(Sc2ccncn2)c(F)c1. The Hall–Kier alpha value is -1.46. The van der Waals surface area contributed by atoms with Crippen LogP contribution in [0.3, 0.4) is 0 Å². The molecule has 0 atom stereocenters. The van der Waals surface area contributed by atoms with Gasteiger partial charge in [0.05, 0.1) is 0 Å². The normalized spacial score (nSPS) is 10.6. The average molecular weight is 263 g/mol. The van der Waals surface area contributed by atoms with Crippen molar-refractivity contribution in [3.63, 3.8) is 0 Å². The highest BCUT2D eigenvalue weighted by Gasteiger charge is 2.06. The topological polar surface area (TPSA) is 37.8 Å². The fraction of sp³-hybridized carbons (Fsp3) is 0.231. The number of aromatic nitrogens is 2. The number of hydrogen-bond acceptors (Lipinski definition) is 4. The zero-order valence-corrected chi connectivity index (χ0v) is 10.9. The van der Waals surface area contributed by atoms with Gasteiger partial charge in [-0.2, -0.15) is 0 Å². The van der Waals surface area contributed by atoms with Gasteiger partial charge in [0.1, 0.15) is 17.2 Å². The van der Waals surface area contributed by atoms with Gasteiger partial charge in [-0.25, -0.2) is 14.4 Å². The summed E-state index contributed by atoms with van der Waals surface area (Å²) in [6.07, 6.45) is 3.10. The zero-order chi connectivity index (χ0) is 12.8. The third-order valence-corrected chi connectivity index (χ3v) is 3.35. The minimum atomic E-state index is -0.214. The molecule has 0 unspecified atom stereocenters. The van der Waals surface area contributed by atoms with Gasteiger partial charge in [0.2, 0.25) is 0 Å². The number of halogens is 1. The Labute approximate surface area is 110 Å². The van der Waals surface area contributed by atoms with Crippen LogP contribution in [0.25, 0.3) is 0 Å². The van der Waals surface area contributed by atoms with Crippen LogP contribution in [0.5, 0.6) is 0 Å². The first-order chi connectivity index (χ1) is 8.79. The summed E-state index contributed by atoms with van der Waals surface area (Å²) in [5.41, 5.74) is 0.946. The van der Waals surface area contributed by atoms with E-state index in [-0.39, 0.29) is 5.82 Å². The van der Waals surface area contributed by atoms with Gasteiger partial charge in [-0.3, -0.25) is 0 Å². The van der Waals surface area contributed by atoms with Crippen molar-refractivity contribution in [2.45, 2.75) is 23.4 Å². The van der Waals surface area contributed by atoms with Crippen LogP contribution >= 0.6 is 11.8 Å². The second-order valence-electron chi connectivity index (χ2n) is 3.69. The molecular formula is C13H14FN3S. The third-order valence-electron chi connectivity index (χ3n) is 2.34. The molecule has 94 valence electrons. The van der Waals surface area contributed by atoms with Crippen LogP contribution in [0.4, 0.5) is 4.39 Å². The molecule has 2 aromatic rings. The number of nitrogens with one attached hydrogen (secondary N) is 1. The average Bonchev–Trinajstić information content (AvgIpc) is 2.40. The summed E-state index contributed by atoms with van der Waals surface area (Å²) in [4.78, 5) is 8.47. The first-order valence-corrected chi connectivity index (χ1v) is 6.54. The van der Waals surface area contributed by atoms with E-state index in [1.807, 2.05) is 13.0 Å². The Morgan fingerprint density at radius 3 is 2.89 bits per heavy atom. The lowest BCUT2D eigenvalue weighted by Gasteiger charge is -2.06. The predicted octanol–water partition coefficient (Wildman–Crippen LogP) is 2.88. The van der Waals surface area contributed by atoms with Gasteiger partial charge in [0.25, 0.3) is 0 Å². The maximum atomic E-state index is 13.9. The highest BCUT2D eigenvalue weighted by atomic mass is 32.2. The van der Waals surface area contributed by atoms with Gasteiger partial charge in [0.15, 0.2) is 0 Å². The number of benzene rings is 1. The Bertz CT molecular complexity index is 505. The molecule has 0 bridgehead atoms. The summed E-state index contributed by atoms with van der Waals surface area (Å²) in [7, 11) is 0. The summed E-state index contributed by atoms with van der Waals surface area (Å²) in [5, 5.41) is 3.91. The van der Waals surface area contributed by atoms with E-state index in [9.17, 15) is 4.39 Å². The highest BCUT2D eigenvalue weighted by molar-refractivity contribution is 7.99. The van der Waals surface area contributed by atoms with Crippen LogP contribution < -0.4 is 5.32 Å². The highest BCUT2D eigenvalue weighted by Crippen LogP contribution is 2.28. The molecule has 3 nitrogen and oxygen atoms in total. The molecule has 0 amide bonds. The summed E-state index contributed by atoms with van der Waals surface area (Å²) in [6.45, 7) is 3.58. The second-order valence-corrected chi connectivity index (χ2v) is 4.76. The molecule has 1 heterocycles. The van der Waals surface area contributed by atoms with Crippen molar-refractivity contribution in [2.75, 3.05) is 6.54 Å². The quantitative estimate of drug-likeness (QED) is 0.842. The maximum absolute atomic E-state index is 13.9. The van der Waals surface area contributed by atoms with Gasteiger partial charge in [-0.15, -0.1) is 0 Å². The Balaban J connectivity index is 2.10. The first kappa shape index (κ1) is 13.0. The molecule has 1 N–H and O–H groups in total. The van der Waals surface area contributed by atoms with Gasteiger partial charge in [-0.1, -0.05) is 24.8 Å². The van der Waals surface area contributed by atoms with Gasteiger partial charge < -0.3 is 5.32 Å². The Morgan fingerprint density at radius 2 is 2.22 bits per heavy atom. The molecule has 0 radical (unpaired) electrons. The molecule has 0 aliphatic heterocycles. The zero-order valence-electron chi connectivity index (χ0n) is 10.1. The van der Waals surface area contributed by atoms with E-state index in [1.165, 1.54) is 18.1 Å². The standard InChI is InChI=1S/C13H14FN3S/c1-2-15-8-10-3-4-12(11(14)7-10)18-13-5-6-16-9-17-13/h3-7,9,15H,2,8H2,1H3. The van der Waals surface area contributed by atoms with E-state index < -0.39 is 0 Å². The number of nitrogens with zero attached hydrogens (tertiary/aromatic N) is 2. The second kappa shape index (κ2) is 6.47. The first-order valence-electron chi connectivity index (χ1n) is 5.72. The van der Waals surface area contributed by atoms with E-state index in [2.05, 4.69) is 15.3 Å². The van der Waals surface area contributed by atoms with Crippen LogP contribution in [0.1, 0.15) is 12.5 Å². The van der Waals surface area contributed by atoms with Crippen molar-refractivity contribution in [1.29, 1.82) is 0 Å². The van der Waals surface area contributed by atoms with Crippen LogP contribution in [-0.2, 0) is 6.54 Å². The molecule has 1 aromatic heterocycles. The Kier molecular flexibility index (Phi) is 4.66. The minimum absolute atomic E-state index is 0.214. The fourth-order valence-electron chi connectivity index (χ4n) is 1.46. The van der Waals surface area contributed by atoms with E-state index in [1.54, 1.807) is 24.4 Å². The summed E-state index contributed by atoms with van der Waals surface area (Å²) in [6, 6.07) is 7.03. The van der Waals surface area contributed by atoms with Crippen molar-refractivity contribution in [3.05, 3.63) is 48.2 Å². The van der Waals surface area contributed by atoms with E-state index in [0.717, 1.165) is 17.1 Å². The number of rotatable bonds is 5. The maximum Gasteiger partial charge on any atom is 0.137 e. The third kappa shape index (κ3) is 3.51. The Morgan fingerprint density at radius 1 is 1.33 bits per heavy atom. The van der Waals surface area contributed by atoms with Crippen molar-refractivity contribution in [1.82, 2.24) is 15.3 Å². The number of hydrogen-bond donors (Lipinski definition) is 1. The summed E-state index contributed by atoms with van der Waals surface area (Å²) < 4.78 is 13.9. The van der Waals surface area contributed by atoms with Crippen LogP contribution in [0, 0.1) is 5.82 Å². The van der Waals surface area contributed by atoms with Crippen molar-refractivity contribution >= 4 is 11.8 Å². The van der Waals surface area contributed by atoms with Crippen molar-refractivity contribution < 1.29 is 4.39 Å². The van der Waals surface area contributed by atoms with Gasteiger partial charge >= 0.3 is 0 Å². The van der Waals surface area contributed by atoms with Crippen molar-refractivity contribution in [2.24, 2.45) is 0 Å². The molecule has 2 rings (SSSR count). The molecule has 0 saturated carbocycles. The lowest BCUT2D eigenvalue weighted by atomic mass is 10.2. The smallest absolute Gasteiger partial charge is 0.137 e. The lowest BCUT2D eigenvalue weighted by molar-refractivity contribution is 0.596. The van der Waals surface area contributed by atoms with Crippen LogP contribution in [0.2, 0.25) is 0 Å². The van der Waals surface area contributed by atoms with Crippen LogP contribution in [-0.4, -0.2) is 16.5 Å². The molecule has 0 aliphatic carbocycles. The molecule has 18 heavy (non-hydrogen) atoms. The molecule has 0 fully saturated rings.